The number of alkyl halides is 4. The van der Waals surface area contributed by atoms with Gasteiger partial charge in [-0.05, 0) is 29.8 Å². The SMILES string of the molecule is Nc1cc(CC(F)c2ccc(C(F)(F)F)nc2)cc(C(=O)O)c1. The average Bonchev–Trinajstić information content (AvgIpc) is 2.45. The first-order valence-electron chi connectivity index (χ1n) is 6.47. The van der Waals surface area contributed by atoms with Gasteiger partial charge in [-0.25, -0.2) is 9.18 Å². The van der Waals surface area contributed by atoms with Crippen molar-refractivity contribution in [3.05, 3.63) is 58.9 Å². The van der Waals surface area contributed by atoms with Crippen molar-refractivity contribution in [1.29, 1.82) is 0 Å². The standard InChI is InChI=1S/C15H12F4N2O2/c16-12(9-1-2-13(21-7-9)15(17,18)19)5-8-3-10(14(22)23)6-11(20)4-8/h1-4,6-7,12H,5,20H2,(H,22,23). The summed E-state index contributed by atoms with van der Waals surface area (Å²) in [6.45, 7) is 0. The zero-order valence-electron chi connectivity index (χ0n) is 11.6. The Kier molecular flexibility index (Phi) is 4.53. The van der Waals surface area contributed by atoms with Crippen molar-refractivity contribution >= 4 is 11.7 Å². The fourth-order valence-electron chi connectivity index (χ4n) is 2.04. The van der Waals surface area contributed by atoms with E-state index in [1.165, 1.54) is 18.2 Å². The van der Waals surface area contributed by atoms with Crippen LogP contribution in [0.5, 0.6) is 0 Å². The summed E-state index contributed by atoms with van der Waals surface area (Å²) in [5.74, 6) is -1.20. The number of carboxylic acid groups (broad SMARTS) is 1. The van der Waals surface area contributed by atoms with Gasteiger partial charge in [0.15, 0.2) is 0 Å². The van der Waals surface area contributed by atoms with Crippen molar-refractivity contribution in [1.82, 2.24) is 4.98 Å². The third kappa shape index (κ3) is 4.18. The van der Waals surface area contributed by atoms with Crippen LogP contribution < -0.4 is 5.73 Å². The molecule has 2 aromatic rings. The van der Waals surface area contributed by atoms with Gasteiger partial charge in [0.05, 0.1) is 5.56 Å². The third-order valence-corrected chi connectivity index (χ3v) is 3.12. The lowest BCUT2D eigenvalue weighted by Gasteiger charge is -2.11. The number of benzene rings is 1. The number of pyridine rings is 1. The maximum Gasteiger partial charge on any atom is 0.433 e. The van der Waals surface area contributed by atoms with E-state index in [4.69, 9.17) is 10.8 Å². The predicted molar refractivity (Wildman–Crippen MR) is 74.6 cm³/mol. The molecule has 1 aromatic carbocycles. The molecule has 0 aliphatic carbocycles. The summed E-state index contributed by atoms with van der Waals surface area (Å²) in [6, 6.07) is 5.62. The van der Waals surface area contributed by atoms with Crippen LogP contribution in [0.2, 0.25) is 0 Å². The lowest BCUT2D eigenvalue weighted by molar-refractivity contribution is -0.141. The summed E-state index contributed by atoms with van der Waals surface area (Å²) in [5, 5.41) is 8.93. The number of hydrogen-bond acceptors (Lipinski definition) is 3. The van der Waals surface area contributed by atoms with Crippen LogP contribution in [0.1, 0.15) is 33.4 Å². The first-order valence-corrected chi connectivity index (χ1v) is 6.47. The van der Waals surface area contributed by atoms with E-state index in [1.807, 2.05) is 0 Å². The Labute approximate surface area is 128 Å². The van der Waals surface area contributed by atoms with Gasteiger partial charge in [0.2, 0.25) is 0 Å². The second kappa shape index (κ2) is 6.23. The predicted octanol–water partition coefficient (Wildman–Crippen LogP) is 3.63. The molecule has 4 nitrogen and oxygen atoms in total. The van der Waals surface area contributed by atoms with Gasteiger partial charge >= 0.3 is 12.1 Å². The number of aromatic carboxylic acids is 1. The summed E-state index contributed by atoms with van der Waals surface area (Å²) in [5.41, 5.74) is 4.83. The largest absolute Gasteiger partial charge is 0.478 e. The summed E-state index contributed by atoms with van der Waals surface area (Å²) in [7, 11) is 0. The van der Waals surface area contributed by atoms with Gasteiger partial charge in [-0.1, -0.05) is 6.07 Å². The van der Waals surface area contributed by atoms with E-state index in [2.05, 4.69) is 4.98 Å². The zero-order valence-corrected chi connectivity index (χ0v) is 11.6. The molecule has 0 fully saturated rings. The van der Waals surface area contributed by atoms with Crippen molar-refractivity contribution in [2.24, 2.45) is 0 Å². The molecule has 1 atom stereocenters. The third-order valence-electron chi connectivity index (χ3n) is 3.12. The highest BCUT2D eigenvalue weighted by molar-refractivity contribution is 5.89. The van der Waals surface area contributed by atoms with E-state index in [1.54, 1.807) is 0 Å². The summed E-state index contributed by atoms with van der Waals surface area (Å²) in [6.07, 6.45) is -5.63. The van der Waals surface area contributed by atoms with Crippen molar-refractivity contribution in [2.75, 3.05) is 5.73 Å². The van der Waals surface area contributed by atoms with Gasteiger partial charge in [-0.3, -0.25) is 4.98 Å². The van der Waals surface area contributed by atoms with Crippen molar-refractivity contribution in [2.45, 2.75) is 18.8 Å². The average molecular weight is 328 g/mol. The van der Waals surface area contributed by atoms with Crippen molar-refractivity contribution in [3.63, 3.8) is 0 Å². The first-order chi connectivity index (χ1) is 10.7. The number of nitrogens with zero attached hydrogens (tertiary/aromatic N) is 1. The summed E-state index contributed by atoms with van der Waals surface area (Å²) >= 11 is 0. The smallest absolute Gasteiger partial charge is 0.433 e. The van der Waals surface area contributed by atoms with E-state index in [0.717, 1.165) is 12.3 Å². The number of carboxylic acids is 1. The molecule has 1 heterocycles. The number of rotatable bonds is 4. The molecular weight excluding hydrogens is 316 g/mol. The van der Waals surface area contributed by atoms with Crippen LogP contribution in [0.4, 0.5) is 23.2 Å². The Hall–Kier alpha value is -2.64. The fourth-order valence-corrected chi connectivity index (χ4v) is 2.04. The molecule has 122 valence electrons. The van der Waals surface area contributed by atoms with Crippen LogP contribution in [0, 0.1) is 0 Å². The molecule has 3 N–H and O–H groups in total. The minimum absolute atomic E-state index is 0.0303. The first kappa shape index (κ1) is 16.7. The maximum atomic E-state index is 14.2. The van der Waals surface area contributed by atoms with Gasteiger partial charge in [-0.2, -0.15) is 13.2 Å². The molecule has 0 amide bonds. The Morgan fingerprint density at radius 3 is 2.48 bits per heavy atom. The van der Waals surface area contributed by atoms with E-state index in [0.29, 0.717) is 11.6 Å². The van der Waals surface area contributed by atoms with Crippen LogP contribution in [-0.2, 0) is 12.6 Å². The minimum Gasteiger partial charge on any atom is -0.478 e. The van der Waals surface area contributed by atoms with Gasteiger partial charge < -0.3 is 10.8 Å². The molecule has 0 saturated carbocycles. The Morgan fingerprint density at radius 1 is 1.26 bits per heavy atom. The molecule has 2 rings (SSSR count). The van der Waals surface area contributed by atoms with Crippen molar-refractivity contribution < 1.29 is 27.5 Å². The second-order valence-electron chi connectivity index (χ2n) is 4.91. The normalized spacial score (nSPS) is 12.9. The molecule has 1 unspecified atom stereocenters. The number of anilines is 1. The zero-order chi connectivity index (χ0) is 17.2. The molecule has 0 spiro atoms. The number of aromatic nitrogens is 1. The van der Waals surface area contributed by atoms with Crippen LogP contribution in [0.25, 0.3) is 0 Å². The fraction of sp³-hybridized carbons (Fsp3) is 0.200. The van der Waals surface area contributed by atoms with Gasteiger partial charge in [0, 0.05) is 23.9 Å². The molecule has 0 aliphatic heterocycles. The van der Waals surface area contributed by atoms with Crippen molar-refractivity contribution in [3.8, 4) is 0 Å². The monoisotopic (exact) mass is 328 g/mol. The molecule has 0 aliphatic rings. The number of nitrogen functional groups attached to an aromatic ring is 1. The molecule has 1 aromatic heterocycles. The lowest BCUT2D eigenvalue weighted by atomic mass is 10.0. The summed E-state index contributed by atoms with van der Waals surface area (Å²) in [4.78, 5) is 14.1. The summed E-state index contributed by atoms with van der Waals surface area (Å²) < 4.78 is 51.4. The number of carbonyl (C=O) groups is 1. The highest BCUT2D eigenvalue weighted by Crippen LogP contribution is 2.29. The molecule has 23 heavy (non-hydrogen) atoms. The minimum atomic E-state index is -4.59. The van der Waals surface area contributed by atoms with E-state index >= 15 is 0 Å². The topological polar surface area (TPSA) is 76.2 Å². The molecule has 8 heteroatoms. The lowest BCUT2D eigenvalue weighted by Crippen LogP contribution is -2.08. The van der Waals surface area contributed by atoms with Gasteiger partial charge in [0.25, 0.3) is 0 Å². The number of nitrogens with two attached hydrogens (primary N) is 1. The van der Waals surface area contributed by atoms with E-state index in [-0.39, 0.29) is 23.2 Å². The van der Waals surface area contributed by atoms with Crippen LogP contribution in [-0.4, -0.2) is 16.1 Å². The quantitative estimate of drug-likeness (QED) is 0.664. The Bertz CT molecular complexity index is 714. The highest BCUT2D eigenvalue weighted by Gasteiger charge is 2.32. The molecular formula is C15H12F4N2O2. The van der Waals surface area contributed by atoms with Gasteiger partial charge in [0.1, 0.15) is 11.9 Å². The van der Waals surface area contributed by atoms with E-state index in [9.17, 15) is 22.4 Å². The number of hydrogen-bond donors (Lipinski definition) is 2. The second-order valence-corrected chi connectivity index (χ2v) is 4.91. The van der Waals surface area contributed by atoms with Crippen LogP contribution in [0.3, 0.4) is 0 Å². The van der Waals surface area contributed by atoms with E-state index < -0.39 is 24.0 Å². The molecule has 0 bridgehead atoms. The Morgan fingerprint density at radius 2 is 1.96 bits per heavy atom. The molecule has 0 radical (unpaired) electrons. The van der Waals surface area contributed by atoms with Crippen LogP contribution in [0.15, 0.2) is 36.5 Å². The highest BCUT2D eigenvalue weighted by atomic mass is 19.4. The van der Waals surface area contributed by atoms with Gasteiger partial charge in [-0.15, -0.1) is 0 Å². The van der Waals surface area contributed by atoms with Crippen LogP contribution >= 0.6 is 0 Å². The Balaban J connectivity index is 2.19. The number of halogens is 4. The molecule has 0 saturated heterocycles. The maximum absolute atomic E-state index is 14.2.